The molecule has 10 heteroatoms. The number of carbonyl (C=O) groups excluding carboxylic acids is 1. The smallest absolute Gasteiger partial charge is 0.218 e. The third kappa shape index (κ3) is 4.89. The van der Waals surface area contributed by atoms with E-state index in [1.54, 1.807) is 28.2 Å². The number of anilines is 2. The van der Waals surface area contributed by atoms with Crippen LogP contribution < -0.4 is 15.8 Å². The Morgan fingerprint density at radius 2 is 2.03 bits per heavy atom. The Kier molecular flexibility index (Phi) is 6.62. The van der Waals surface area contributed by atoms with Gasteiger partial charge in [-0.25, -0.2) is 9.97 Å². The molecule has 2 fully saturated rings. The second-order valence-corrected chi connectivity index (χ2v) is 11.5. The summed E-state index contributed by atoms with van der Waals surface area (Å²) in [5.41, 5.74) is 8.63. The Labute approximate surface area is 212 Å². The molecule has 0 bridgehead atoms. The number of carbonyl (C=O) groups is 1. The summed E-state index contributed by atoms with van der Waals surface area (Å²) in [6.07, 6.45) is 6.86. The highest BCUT2D eigenvalue weighted by Crippen LogP contribution is 2.49. The lowest BCUT2D eigenvalue weighted by atomic mass is 9.91. The van der Waals surface area contributed by atoms with Crippen LogP contribution in [0.25, 0.3) is 10.2 Å². The summed E-state index contributed by atoms with van der Waals surface area (Å²) in [4.78, 5) is 25.9. The summed E-state index contributed by atoms with van der Waals surface area (Å²) in [6.45, 7) is 3.76. The number of aryl methyl sites for hydroxylation is 1. The van der Waals surface area contributed by atoms with Crippen LogP contribution >= 0.6 is 22.7 Å². The normalized spacial score (nSPS) is 25.0. The summed E-state index contributed by atoms with van der Waals surface area (Å²) < 4.78 is 12.3. The van der Waals surface area contributed by atoms with Gasteiger partial charge in [0.25, 0.3) is 0 Å². The fourth-order valence-corrected chi connectivity index (χ4v) is 7.63. The van der Waals surface area contributed by atoms with Crippen LogP contribution in [0.5, 0.6) is 5.75 Å². The molecule has 8 nitrogen and oxygen atoms in total. The zero-order chi connectivity index (χ0) is 23.8. The van der Waals surface area contributed by atoms with Gasteiger partial charge in [0.1, 0.15) is 22.2 Å². The van der Waals surface area contributed by atoms with Crippen molar-refractivity contribution in [2.45, 2.75) is 63.0 Å². The number of ether oxygens (including phenoxy) is 2. The van der Waals surface area contributed by atoms with Crippen LogP contribution in [-0.2, 0) is 16.0 Å². The van der Waals surface area contributed by atoms with Crippen molar-refractivity contribution in [1.29, 1.82) is 0 Å². The van der Waals surface area contributed by atoms with Gasteiger partial charge >= 0.3 is 0 Å². The first-order valence-corrected chi connectivity index (χ1v) is 14.3. The zero-order valence-corrected chi connectivity index (χ0v) is 21.3. The first-order valence-electron chi connectivity index (χ1n) is 12.5. The number of morpholine rings is 1. The van der Waals surface area contributed by atoms with Gasteiger partial charge in [0.2, 0.25) is 5.91 Å². The number of fused-ring (bicyclic) bond motifs is 3. The Balaban J connectivity index is 1.28. The lowest BCUT2D eigenvalue weighted by molar-refractivity contribution is -0.118. The number of amides is 1. The fourth-order valence-electron chi connectivity index (χ4n) is 5.86. The van der Waals surface area contributed by atoms with Crippen LogP contribution in [0, 0.1) is 0 Å². The second kappa shape index (κ2) is 10.0. The van der Waals surface area contributed by atoms with Gasteiger partial charge in [-0.2, -0.15) is 0 Å². The summed E-state index contributed by atoms with van der Waals surface area (Å²) in [5.74, 6) is 2.30. The molecule has 0 unspecified atom stereocenters. The lowest BCUT2D eigenvalue weighted by Gasteiger charge is -2.38. The third-order valence-electron chi connectivity index (χ3n) is 7.50. The van der Waals surface area contributed by atoms with Gasteiger partial charge in [0, 0.05) is 41.9 Å². The number of thiazole rings is 1. The molecule has 186 valence electrons. The molecule has 0 radical (unpaired) electrons. The van der Waals surface area contributed by atoms with Gasteiger partial charge in [-0.1, -0.05) is 0 Å². The van der Waals surface area contributed by atoms with Crippen LogP contribution in [0.1, 0.15) is 54.9 Å². The monoisotopic (exact) mass is 513 g/mol. The molecule has 0 aromatic carbocycles. The summed E-state index contributed by atoms with van der Waals surface area (Å²) in [7, 11) is 0. The molecule has 1 saturated carbocycles. The average molecular weight is 514 g/mol. The van der Waals surface area contributed by atoms with Crippen molar-refractivity contribution in [3.8, 4) is 5.75 Å². The molecule has 1 amide bonds. The van der Waals surface area contributed by atoms with Crippen LogP contribution in [0.3, 0.4) is 0 Å². The fraction of sp³-hybridized carbons (Fsp3) is 0.560. The highest BCUT2D eigenvalue weighted by atomic mass is 32.1. The Morgan fingerprint density at radius 3 is 2.77 bits per heavy atom. The van der Waals surface area contributed by atoms with Gasteiger partial charge < -0.3 is 20.5 Å². The molecule has 4 heterocycles. The number of aromatic nitrogens is 2. The van der Waals surface area contributed by atoms with Crippen LogP contribution in [0.2, 0.25) is 0 Å². The minimum absolute atomic E-state index is 0.148. The number of primary amides is 1. The molecule has 2 aliphatic carbocycles. The topological polar surface area (TPSA) is 103 Å². The van der Waals surface area contributed by atoms with E-state index in [-0.39, 0.29) is 17.9 Å². The van der Waals surface area contributed by atoms with E-state index in [1.807, 2.05) is 11.4 Å². The number of nitrogens with one attached hydrogen (secondary N) is 1. The standard InChI is InChI=1S/C25H31N5O3S2/c26-20(31)11-15-1-6-19-23(15)24-18(12-21(29-25(24)35-19)28-22-13-34-14-27-22)33-17-4-2-16(3-5-17)30-7-9-32-10-8-30/h12-17H,1-11H2,(H2,26,31)(H,28,29)/t15-,16?,17?/m1/s1. The van der Waals surface area contributed by atoms with Crippen molar-refractivity contribution in [2.75, 3.05) is 31.6 Å². The van der Waals surface area contributed by atoms with E-state index in [4.69, 9.17) is 20.2 Å². The van der Waals surface area contributed by atoms with Crippen molar-refractivity contribution in [2.24, 2.45) is 5.73 Å². The number of rotatable bonds is 7. The molecule has 3 N–H and O–H groups in total. The predicted octanol–water partition coefficient (Wildman–Crippen LogP) is 4.42. The van der Waals surface area contributed by atoms with E-state index in [0.717, 1.165) is 92.4 Å². The molecule has 1 aliphatic heterocycles. The predicted molar refractivity (Wildman–Crippen MR) is 139 cm³/mol. The van der Waals surface area contributed by atoms with Gasteiger partial charge in [0.05, 0.1) is 30.2 Å². The molecule has 35 heavy (non-hydrogen) atoms. The molecule has 3 aromatic rings. The minimum Gasteiger partial charge on any atom is -0.490 e. The first kappa shape index (κ1) is 23.1. The second-order valence-electron chi connectivity index (χ2n) is 9.73. The van der Waals surface area contributed by atoms with E-state index in [9.17, 15) is 4.79 Å². The molecular formula is C25H31N5O3S2. The van der Waals surface area contributed by atoms with Gasteiger partial charge in [-0.05, 0) is 50.0 Å². The van der Waals surface area contributed by atoms with Gasteiger partial charge in [-0.15, -0.1) is 22.7 Å². The van der Waals surface area contributed by atoms with Crippen LogP contribution in [0.15, 0.2) is 17.0 Å². The number of pyridine rings is 1. The number of hydrogen-bond donors (Lipinski definition) is 2. The summed E-state index contributed by atoms with van der Waals surface area (Å²) in [5, 5.41) is 6.38. The SMILES string of the molecule is NC(=O)C[C@H]1CCc2sc3nc(Nc4cscn4)cc(OC4CCC(N5CCOCC5)CC4)c3c21. The molecular weight excluding hydrogens is 482 g/mol. The minimum atomic E-state index is -0.249. The van der Waals surface area contributed by atoms with E-state index in [0.29, 0.717) is 12.5 Å². The maximum Gasteiger partial charge on any atom is 0.218 e. The maximum atomic E-state index is 11.8. The maximum absolute atomic E-state index is 11.8. The summed E-state index contributed by atoms with van der Waals surface area (Å²) in [6, 6.07) is 2.64. The van der Waals surface area contributed by atoms with Gasteiger partial charge in [0.15, 0.2) is 0 Å². The number of nitrogens with zero attached hydrogens (tertiary/aromatic N) is 3. The van der Waals surface area contributed by atoms with E-state index < -0.39 is 0 Å². The van der Waals surface area contributed by atoms with E-state index in [1.165, 1.54) is 10.4 Å². The van der Waals surface area contributed by atoms with Gasteiger partial charge in [-0.3, -0.25) is 9.69 Å². The van der Waals surface area contributed by atoms with Crippen molar-refractivity contribution >= 4 is 50.4 Å². The van der Waals surface area contributed by atoms with Crippen LogP contribution in [0.4, 0.5) is 11.6 Å². The lowest BCUT2D eigenvalue weighted by Crippen LogP contribution is -2.46. The van der Waals surface area contributed by atoms with Crippen molar-refractivity contribution < 1.29 is 14.3 Å². The molecule has 0 spiro atoms. The van der Waals surface area contributed by atoms with Crippen molar-refractivity contribution in [3.05, 3.63) is 27.4 Å². The highest BCUT2D eigenvalue weighted by Gasteiger charge is 2.33. The largest absolute Gasteiger partial charge is 0.490 e. The quantitative estimate of drug-likeness (QED) is 0.482. The average Bonchev–Trinajstić information content (AvgIpc) is 3.58. The Hall–Kier alpha value is -2.27. The van der Waals surface area contributed by atoms with Crippen LogP contribution in [-0.4, -0.2) is 59.2 Å². The summed E-state index contributed by atoms with van der Waals surface area (Å²) >= 11 is 3.27. The third-order valence-corrected chi connectivity index (χ3v) is 9.25. The molecule has 3 aromatic heterocycles. The Morgan fingerprint density at radius 1 is 1.20 bits per heavy atom. The number of nitrogens with two attached hydrogens (primary N) is 1. The molecule has 1 saturated heterocycles. The van der Waals surface area contributed by atoms with Crippen molar-refractivity contribution in [3.63, 3.8) is 0 Å². The highest BCUT2D eigenvalue weighted by molar-refractivity contribution is 7.19. The van der Waals surface area contributed by atoms with E-state index in [2.05, 4.69) is 15.2 Å². The molecule has 6 rings (SSSR count). The van der Waals surface area contributed by atoms with Crippen molar-refractivity contribution in [1.82, 2.24) is 14.9 Å². The van der Waals surface area contributed by atoms with E-state index >= 15 is 0 Å². The zero-order valence-electron chi connectivity index (χ0n) is 19.7. The number of thiophene rings is 1. The first-order chi connectivity index (χ1) is 17.1. The Bertz CT molecular complexity index is 1180. The molecule has 1 atom stereocenters. The number of hydrogen-bond acceptors (Lipinski definition) is 9. The molecule has 3 aliphatic rings.